The molecular weight excluding hydrogens is 258 g/mol. The molecule has 0 unspecified atom stereocenters. The average Bonchev–Trinajstić information content (AvgIpc) is 2.93. The van der Waals surface area contributed by atoms with Crippen molar-refractivity contribution in [1.82, 2.24) is 29.9 Å². The van der Waals surface area contributed by atoms with Gasteiger partial charge in [0, 0.05) is 13.6 Å². The monoisotopic (exact) mass is 277 g/mol. The van der Waals surface area contributed by atoms with Gasteiger partial charge in [0.05, 0.1) is 17.9 Å². The number of aromatic amines is 1. The third kappa shape index (κ3) is 2.49. The van der Waals surface area contributed by atoms with E-state index in [1.807, 2.05) is 13.8 Å². The van der Waals surface area contributed by atoms with E-state index in [-0.39, 0.29) is 5.91 Å². The Balaban J connectivity index is 2.22. The maximum atomic E-state index is 12.5. The maximum absolute atomic E-state index is 12.5. The molecule has 0 fully saturated rings. The van der Waals surface area contributed by atoms with Gasteiger partial charge in [-0.2, -0.15) is 10.2 Å². The van der Waals surface area contributed by atoms with Gasteiger partial charge in [-0.05, 0) is 20.8 Å². The van der Waals surface area contributed by atoms with E-state index in [2.05, 4.69) is 20.3 Å². The van der Waals surface area contributed by atoms with Gasteiger partial charge in [-0.3, -0.25) is 14.6 Å². The van der Waals surface area contributed by atoms with Crippen LogP contribution in [0.2, 0.25) is 0 Å². The van der Waals surface area contributed by atoms with Crippen molar-refractivity contribution in [2.24, 2.45) is 0 Å². The van der Waals surface area contributed by atoms with E-state index in [9.17, 15) is 4.79 Å². The Morgan fingerprint density at radius 1 is 1.45 bits per heavy atom. The number of amides is 1. The first-order valence-corrected chi connectivity index (χ1v) is 6.40. The van der Waals surface area contributed by atoms with Crippen LogP contribution in [0.3, 0.4) is 0 Å². The predicted molar refractivity (Wildman–Crippen MR) is 74.0 cm³/mol. The van der Waals surface area contributed by atoms with E-state index in [1.54, 1.807) is 18.7 Å². The number of nitrogens with zero attached hydrogens (tertiary/aromatic N) is 5. The highest BCUT2D eigenvalue weighted by Crippen LogP contribution is 2.18. The summed E-state index contributed by atoms with van der Waals surface area (Å²) in [5.41, 5.74) is 7.45. The first-order chi connectivity index (χ1) is 9.43. The van der Waals surface area contributed by atoms with Gasteiger partial charge in [0.25, 0.3) is 5.91 Å². The molecule has 0 aliphatic carbocycles. The molecule has 8 nitrogen and oxygen atoms in total. The zero-order valence-corrected chi connectivity index (χ0v) is 12.1. The molecule has 2 heterocycles. The van der Waals surface area contributed by atoms with Crippen LogP contribution >= 0.6 is 0 Å². The standard InChI is InChI=1S/C12H19N7O/c1-5-19-11(10(13)7(2)17-19)12(20)18(4)6-9-14-8(3)15-16-9/h5-6,13H2,1-4H3,(H,14,15,16). The van der Waals surface area contributed by atoms with Crippen LogP contribution in [0.4, 0.5) is 5.69 Å². The summed E-state index contributed by atoms with van der Waals surface area (Å²) in [6.45, 7) is 6.42. The molecule has 2 rings (SSSR count). The summed E-state index contributed by atoms with van der Waals surface area (Å²) in [4.78, 5) is 18.2. The fourth-order valence-corrected chi connectivity index (χ4v) is 1.97. The molecule has 0 saturated carbocycles. The molecule has 20 heavy (non-hydrogen) atoms. The number of carbonyl (C=O) groups is 1. The van der Waals surface area contributed by atoms with Crippen LogP contribution in [0.25, 0.3) is 0 Å². The van der Waals surface area contributed by atoms with Crippen molar-refractivity contribution in [2.75, 3.05) is 12.8 Å². The summed E-state index contributed by atoms with van der Waals surface area (Å²) in [7, 11) is 1.69. The molecule has 0 bridgehead atoms. The lowest BCUT2D eigenvalue weighted by Gasteiger charge is -2.16. The first-order valence-electron chi connectivity index (χ1n) is 6.40. The van der Waals surface area contributed by atoms with Gasteiger partial charge in [0.15, 0.2) is 5.82 Å². The second-order valence-electron chi connectivity index (χ2n) is 4.66. The Bertz CT molecular complexity index is 628. The number of nitrogen functional groups attached to an aromatic ring is 1. The third-order valence-corrected chi connectivity index (χ3v) is 3.04. The van der Waals surface area contributed by atoms with Gasteiger partial charge in [-0.25, -0.2) is 4.98 Å². The lowest BCUT2D eigenvalue weighted by molar-refractivity contribution is 0.0770. The minimum atomic E-state index is -0.188. The van der Waals surface area contributed by atoms with Crippen LogP contribution in [0.1, 0.15) is 34.8 Å². The molecule has 0 atom stereocenters. The summed E-state index contributed by atoms with van der Waals surface area (Å²) in [5, 5.41) is 11.0. The minimum absolute atomic E-state index is 0.188. The fourth-order valence-electron chi connectivity index (χ4n) is 1.97. The van der Waals surface area contributed by atoms with Crippen molar-refractivity contribution >= 4 is 11.6 Å². The van der Waals surface area contributed by atoms with Gasteiger partial charge in [0.1, 0.15) is 11.5 Å². The highest BCUT2D eigenvalue weighted by Gasteiger charge is 2.23. The van der Waals surface area contributed by atoms with Gasteiger partial charge >= 0.3 is 0 Å². The van der Waals surface area contributed by atoms with Crippen molar-refractivity contribution < 1.29 is 4.79 Å². The molecule has 3 N–H and O–H groups in total. The number of nitrogens with two attached hydrogens (primary N) is 1. The van der Waals surface area contributed by atoms with Crippen molar-refractivity contribution in [3.8, 4) is 0 Å². The van der Waals surface area contributed by atoms with E-state index in [0.29, 0.717) is 36.0 Å². The van der Waals surface area contributed by atoms with E-state index in [0.717, 1.165) is 5.82 Å². The number of hydrogen-bond acceptors (Lipinski definition) is 5. The maximum Gasteiger partial charge on any atom is 0.274 e. The number of aromatic nitrogens is 5. The van der Waals surface area contributed by atoms with E-state index in [1.165, 1.54) is 4.90 Å². The number of carbonyl (C=O) groups excluding carboxylic acids is 1. The smallest absolute Gasteiger partial charge is 0.274 e. The van der Waals surface area contributed by atoms with Crippen molar-refractivity contribution in [1.29, 1.82) is 0 Å². The molecule has 108 valence electrons. The Kier molecular flexibility index (Phi) is 3.73. The molecule has 2 aromatic heterocycles. The lowest BCUT2D eigenvalue weighted by atomic mass is 10.2. The molecule has 0 spiro atoms. The number of nitrogens with one attached hydrogen (secondary N) is 1. The van der Waals surface area contributed by atoms with E-state index >= 15 is 0 Å². The van der Waals surface area contributed by atoms with Gasteiger partial charge in [0.2, 0.25) is 0 Å². The van der Waals surface area contributed by atoms with Crippen molar-refractivity contribution in [2.45, 2.75) is 33.9 Å². The third-order valence-electron chi connectivity index (χ3n) is 3.04. The molecule has 0 aliphatic rings. The summed E-state index contributed by atoms with van der Waals surface area (Å²) >= 11 is 0. The summed E-state index contributed by atoms with van der Waals surface area (Å²) in [5.74, 6) is 1.10. The number of H-pyrrole nitrogens is 1. The highest BCUT2D eigenvalue weighted by atomic mass is 16.2. The Labute approximate surface area is 117 Å². The van der Waals surface area contributed by atoms with E-state index < -0.39 is 0 Å². The highest BCUT2D eigenvalue weighted by molar-refractivity contribution is 5.97. The van der Waals surface area contributed by atoms with Crippen molar-refractivity contribution in [3.05, 3.63) is 23.0 Å². The molecular formula is C12H19N7O. The van der Waals surface area contributed by atoms with Gasteiger partial charge in [-0.15, -0.1) is 0 Å². The van der Waals surface area contributed by atoms with Crippen LogP contribution in [-0.4, -0.2) is 42.8 Å². The average molecular weight is 277 g/mol. The summed E-state index contributed by atoms with van der Waals surface area (Å²) < 4.78 is 1.62. The quantitative estimate of drug-likeness (QED) is 0.846. The lowest BCUT2D eigenvalue weighted by Crippen LogP contribution is -2.29. The largest absolute Gasteiger partial charge is 0.395 e. The van der Waals surface area contributed by atoms with Crippen LogP contribution in [0, 0.1) is 13.8 Å². The first kappa shape index (κ1) is 14.0. The Hall–Kier alpha value is -2.38. The van der Waals surface area contributed by atoms with Crippen molar-refractivity contribution in [3.63, 3.8) is 0 Å². The normalized spacial score (nSPS) is 10.8. The molecule has 0 aliphatic heterocycles. The Morgan fingerprint density at radius 3 is 2.70 bits per heavy atom. The van der Waals surface area contributed by atoms with Gasteiger partial charge in [-0.1, -0.05) is 0 Å². The van der Waals surface area contributed by atoms with Gasteiger partial charge < -0.3 is 10.6 Å². The molecule has 8 heteroatoms. The number of anilines is 1. The second kappa shape index (κ2) is 5.32. The van der Waals surface area contributed by atoms with E-state index in [4.69, 9.17) is 5.73 Å². The molecule has 0 aromatic carbocycles. The minimum Gasteiger partial charge on any atom is -0.395 e. The predicted octanol–water partition coefficient (Wildman–Crippen LogP) is 0.492. The molecule has 0 saturated heterocycles. The Morgan fingerprint density at radius 2 is 2.15 bits per heavy atom. The zero-order valence-electron chi connectivity index (χ0n) is 12.1. The van der Waals surface area contributed by atoms with Crippen LogP contribution in [0.5, 0.6) is 0 Å². The molecule has 1 amide bonds. The zero-order chi connectivity index (χ0) is 14.9. The molecule has 0 radical (unpaired) electrons. The summed E-state index contributed by atoms with van der Waals surface area (Å²) in [6.07, 6.45) is 0. The SMILES string of the molecule is CCn1nc(C)c(N)c1C(=O)N(C)Cc1n[nH]c(C)n1. The van der Waals surface area contributed by atoms with Crippen LogP contribution in [-0.2, 0) is 13.1 Å². The van der Waals surface area contributed by atoms with Crippen LogP contribution in [0.15, 0.2) is 0 Å². The molecule has 2 aromatic rings. The number of rotatable bonds is 4. The van der Waals surface area contributed by atoms with Crippen LogP contribution < -0.4 is 5.73 Å². The fraction of sp³-hybridized carbons (Fsp3) is 0.500. The topological polar surface area (TPSA) is 106 Å². The number of aryl methyl sites for hydroxylation is 3. The second-order valence-corrected chi connectivity index (χ2v) is 4.66. The summed E-state index contributed by atoms with van der Waals surface area (Å²) in [6, 6.07) is 0. The number of hydrogen-bond donors (Lipinski definition) is 2.